The Hall–Kier alpha value is -0.448. The van der Waals surface area contributed by atoms with Gasteiger partial charge in [0.2, 0.25) is 10.1 Å². The van der Waals surface area contributed by atoms with Crippen LogP contribution in [0.1, 0.15) is 168 Å². The maximum Gasteiger partial charge on any atom is 0.495 e. The summed E-state index contributed by atoms with van der Waals surface area (Å²) in [5, 5.41) is 224. The molecule has 0 radical (unpaired) electrons. The second-order valence-electron chi connectivity index (χ2n) is 19.1. The number of aliphatic hydroxyl groups excluding tert-OH is 32. The molecule has 0 spiro atoms. The van der Waals surface area contributed by atoms with Crippen LogP contribution in [-0.4, -0.2) is 605 Å². The summed E-state index contributed by atoms with van der Waals surface area (Å²) in [6.07, 6.45) is 22.4. The van der Waals surface area contributed by atoms with Gasteiger partial charge in [0.25, 0.3) is 0 Å². The predicted octanol–water partition coefficient (Wildman–Crippen LogP) is -9.43. The van der Waals surface area contributed by atoms with E-state index in [1.807, 2.05) is 0 Å². The fourth-order valence-corrected chi connectivity index (χ4v) is 13.8. The molecule has 65 heteroatoms. The number of rotatable bonds is 41. The van der Waals surface area contributed by atoms with E-state index in [1.54, 1.807) is 21.1 Å². The molecule has 0 atom stereocenters. The van der Waals surface area contributed by atoms with Crippen molar-refractivity contribution in [2.75, 3.05) is 284 Å². The zero-order valence-corrected chi connectivity index (χ0v) is 105. The zero-order valence-electron chi connectivity index (χ0n) is 96.1. The first kappa shape index (κ1) is 265. The standard InChI is InChI=1S/C9H24O5Si2.C9H20.2C8H22O6Si2.C8H22O5Si2.C2H6O.32CH4O.H2OSi/c1-3-15(10,11)8-6-4-5-7-9-16(12,13)14-2;1-3-5-7-9-8-6-4-2;2*1-13-15(9,10)7-5-3-4-6-8-16(11,12)14-2;1-13-15(11,12)8-6-4-3-5-7-14(2,9)10;1-3-2;33*1-2/h10-13H,3-9H2,1-2H3;3-9H2,1-2H3;2*9-12H,3-8H2,1-2H3;9-12H,3-8H2,1-2H3;1-2H3;32*2H,1H3;2H2. The van der Waals surface area contributed by atoms with Crippen LogP contribution in [-0.2, 0) is 35.8 Å². The normalized spacial score (nSPS) is 8.03. The molecule has 0 unspecified atom stereocenters. The lowest BCUT2D eigenvalue weighted by Gasteiger charge is -2.16. The van der Waals surface area contributed by atoms with E-state index in [9.17, 15) is 67.1 Å². The topological polar surface area (TPSA) is 1050 Å². The summed E-state index contributed by atoms with van der Waals surface area (Å²) in [5.41, 5.74) is 0. The summed E-state index contributed by atoms with van der Waals surface area (Å²) in [6.45, 7) is 7.82. The van der Waals surface area contributed by atoms with Gasteiger partial charge in [-0.1, -0.05) is 130 Å². The minimum Gasteiger partial charge on any atom is -0.411 e. The highest BCUT2D eigenvalue weighted by Crippen LogP contribution is 2.19. The SMILES string of the molecule is CCCCCCCCC.CC[Si](O)(O)CCCCCC[Si](O)(O)OC.CO.CO.CO.CO.CO.CO.CO.CO.CO.CO.CO.CO.CO.CO.CO.CO.CO.CO.CO.CO.CO.CO.CO.CO.CO.CO.CO.CO.CO.CO.CO.CO.COC.CO[Si](O)(O)CCCCCC[Si](C)(O)O.CO[Si](O)(O)CCCCCC[Si](O)(O)OC.CO[Si](O)(O)CCCCCC[Si](O)(O)OC.O=[SiH2]. The van der Waals surface area contributed by atoms with Crippen molar-refractivity contribution < 1.29 is 276 Å². The Balaban J connectivity index is -0.0000000216. The molecule has 48 N–H and O–H groups in total. The van der Waals surface area contributed by atoms with Crippen LogP contribution in [0.4, 0.5) is 0 Å². The van der Waals surface area contributed by atoms with Crippen LogP contribution in [0.2, 0.25) is 60.9 Å². The molecule has 0 aromatic carbocycles. The Labute approximate surface area is 865 Å². The van der Waals surface area contributed by atoms with Gasteiger partial charge in [0.15, 0.2) is 0 Å². The Morgan fingerprint density at radius 3 is 0.326 bits per heavy atom. The maximum atomic E-state index is 9.45. The van der Waals surface area contributed by atoms with E-state index in [-0.39, 0.29) is 24.2 Å². The molecule has 0 rings (SSSR count). The molecule has 0 aromatic rings. The number of aliphatic hydroxyl groups is 32. The summed E-state index contributed by atoms with van der Waals surface area (Å²) in [5.74, 6) is 0. The van der Waals surface area contributed by atoms with Gasteiger partial charge in [0.05, 0.1) is 0 Å². The van der Waals surface area contributed by atoms with Crippen LogP contribution in [0.15, 0.2) is 0 Å². The van der Waals surface area contributed by atoms with E-state index >= 15 is 0 Å². The van der Waals surface area contributed by atoms with Gasteiger partial charge in [-0.2, -0.15) is 0 Å². The van der Waals surface area contributed by atoms with Crippen molar-refractivity contribution in [3.8, 4) is 0 Å². The van der Waals surface area contributed by atoms with E-state index in [1.165, 1.54) is 94.2 Å². The highest BCUT2D eigenvalue weighted by molar-refractivity contribution is 6.64. The Morgan fingerprint density at radius 2 is 0.241 bits per heavy atom. The largest absolute Gasteiger partial charge is 0.495 e. The van der Waals surface area contributed by atoms with Gasteiger partial charge < -0.3 is 276 Å². The molecule has 141 heavy (non-hydrogen) atoms. The minimum atomic E-state index is -3.40. The fourth-order valence-electron chi connectivity index (χ4n) is 6.23. The first-order chi connectivity index (χ1) is 67.6. The van der Waals surface area contributed by atoms with Crippen LogP contribution in [0, 0.1) is 0 Å². The van der Waals surface area contributed by atoms with Crippen LogP contribution in [0.5, 0.6) is 0 Å². The minimum absolute atomic E-state index is 0.286. The zero-order chi connectivity index (χ0) is 126. The molecule has 0 saturated heterocycles. The average molecular weight is 2310 g/mol. The van der Waals surface area contributed by atoms with Crippen molar-refractivity contribution in [1.29, 1.82) is 0 Å². The second kappa shape index (κ2) is 358. The van der Waals surface area contributed by atoms with Gasteiger partial charge in [0.1, 0.15) is 0 Å². The summed E-state index contributed by atoms with van der Waals surface area (Å²) in [6, 6.07) is 3.24. The number of hydrogen-bond donors (Lipinski definition) is 48. The lowest BCUT2D eigenvalue weighted by atomic mass is 10.1. The fraction of sp³-hybridized carbons (Fsp3) is 1.00. The van der Waals surface area contributed by atoms with Crippen LogP contribution < -0.4 is 0 Å². The molecule has 56 nitrogen and oxygen atoms in total. The van der Waals surface area contributed by atoms with Crippen molar-refractivity contribution in [1.82, 2.24) is 0 Å². The first-order valence-corrected chi connectivity index (χ1v) is 59.0. The summed E-state index contributed by atoms with van der Waals surface area (Å²) >= 11 is 0. The van der Waals surface area contributed by atoms with Gasteiger partial charge >= 0.3 is 69.9 Å². The highest BCUT2D eigenvalue weighted by atomic mass is 28.4. The molecule has 0 amide bonds. The van der Waals surface area contributed by atoms with Gasteiger partial charge in [-0.05, 0) is 63.2 Å². The Morgan fingerprint density at radius 1 is 0.156 bits per heavy atom. The maximum absolute atomic E-state index is 9.45. The highest BCUT2D eigenvalue weighted by Gasteiger charge is 2.34. The summed E-state index contributed by atoms with van der Waals surface area (Å²) in [4.78, 5) is 148. The predicted molar refractivity (Wildman–Crippen MR) is 579 cm³/mol. The third kappa shape index (κ3) is 530. The number of unbranched alkanes of at least 4 members (excludes halogenated alkanes) is 18. The average Bonchev–Trinajstić information content (AvgIpc) is 0.962. The van der Waals surface area contributed by atoms with E-state index < -0.39 is 69.9 Å². The smallest absolute Gasteiger partial charge is 0.411 e. The Kier molecular flexibility index (Phi) is 673. The van der Waals surface area contributed by atoms with Crippen molar-refractivity contribution in [2.24, 2.45) is 0 Å². The van der Waals surface area contributed by atoms with Crippen molar-refractivity contribution in [2.45, 2.75) is 229 Å². The van der Waals surface area contributed by atoms with Crippen LogP contribution >= 0.6 is 0 Å². The molecule has 0 saturated carbocycles. The van der Waals surface area contributed by atoms with Crippen LogP contribution in [0.25, 0.3) is 0 Å². The summed E-state index contributed by atoms with van der Waals surface area (Å²) < 4.78 is 40.0. The van der Waals surface area contributed by atoms with Gasteiger partial charge in [-0.15, -0.1) is 0 Å². The molecular weight excluding hydrogens is 2060 g/mol. The molecule has 0 bridgehead atoms. The molecule has 0 aliphatic rings. The monoisotopic (exact) mass is 2310 g/mol. The number of methoxy groups -OCH3 is 1. The number of ether oxygens (including phenoxy) is 1. The third-order valence-corrected chi connectivity index (χ3v) is 25.0. The van der Waals surface area contributed by atoms with Gasteiger partial charge in [-0.3, -0.25) is 0 Å². The molecule has 0 fully saturated rings. The molecule has 0 aliphatic carbocycles. The summed E-state index contributed by atoms with van der Waals surface area (Å²) in [7, 11) is 17.6. The first-order valence-electron chi connectivity index (χ1n) is 41.5. The quantitative estimate of drug-likeness (QED) is 0.0200. The molecule has 0 aliphatic heterocycles. The van der Waals surface area contributed by atoms with Gasteiger partial charge in [-0.25, -0.2) is 0 Å². The lowest BCUT2D eigenvalue weighted by Crippen LogP contribution is -2.37. The molecule has 0 heterocycles. The molecule has 0 aromatic heterocycles. The third-order valence-electron chi connectivity index (χ3n) is 11.5. The van der Waals surface area contributed by atoms with Crippen LogP contribution in [0.3, 0.4) is 0 Å². The Bertz CT molecular complexity index is 1120. The molecular formula is C76H246O56Si9. The van der Waals surface area contributed by atoms with E-state index in [4.69, 9.17) is 177 Å². The number of hydrogen-bond acceptors (Lipinski definition) is 56. The van der Waals surface area contributed by atoms with Gasteiger partial charge in [0, 0.05) is 321 Å². The van der Waals surface area contributed by atoms with Crippen molar-refractivity contribution >= 4 is 80.1 Å². The van der Waals surface area contributed by atoms with Crippen molar-refractivity contribution in [3.63, 3.8) is 0 Å². The van der Waals surface area contributed by atoms with E-state index in [0.29, 0.717) is 78.9 Å². The van der Waals surface area contributed by atoms with E-state index in [0.717, 1.165) is 292 Å². The second-order valence-corrected chi connectivity index (χ2v) is 39.5. The van der Waals surface area contributed by atoms with Crippen molar-refractivity contribution in [3.05, 3.63) is 0 Å². The lowest BCUT2D eigenvalue weighted by molar-refractivity contribution is 0.180. The molecule has 922 valence electrons. The van der Waals surface area contributed by atoms with E-state index in [2.05, 4.69) is 45.1 Å².